The largest absolute Gasteiger partial charge is 0.460 e. The van der Waals surface area contributed by atoms with Crippen molar-refractivity contribution in [3.05, 3.63) is 24.3 Å². The summed E-state index contributed by atoms with van der Waals surface area (Å²) in [5.41, 5.74) is 0. The number of unbranched alkanes of at least 4 members (excludes halogenated alkanes) is 12. The van der Waals surface area contributed by atoms with Gasteiger partial charge in [0.05, 0.1) is 6.61 Å². The van der Waals surface area contributed by atoms with Gasteiger partial charge in [-0.05, 0) is 12.8 Å². The number of methoxy groups -OCH3 is 1. The second-order valence-corrected chi connectivity index (χ2v) is 6.63. The van der Waals surface area contributed by atoms with Gasteiger partial charge in [0.25, 0.3) is 0 Å². The number of carbonyl (C=O) groups excluding carboxylic acids is 1. The van der Waals surface area contributed by atoms with E-state index in [0.29, 0.717) is 13.2 Å². The zero-order valence-electron chi connectivity index (χ0n) is 16.6. The predicted molar refractivity (Wildman–Crippen MR) is 107 cm³/mol. The number of hydrogen-bond donors (Lipinski definition) is 0. The molecule has 0 aromatic heterocycles. The molecule has 0 N–H and O–H groups in total. The van der Waals surface area contributed by atoms with Crippen molar-refractivity contribution in [2.24, 2.45) is 0 Å². The van der Waals surface area contributed by atoms with Crippen molar-refractivity contribution >= 4 is 5.97 Å². The number of rotatable bonds is 18. The van der Waals surface area contributed by atoms with Crippen LogP contribution in [0.2, 0.25) is 0 Å². The molecule has 0 saturated heterocycles. The molecule has 3 heteroatoms. The molecule has 0 aromatic rings. The first-order valence-corrected chi connectivity index (χ1v) is 10.3. The van der Waals surface area contributed by atoms with Gasteiger partial charge in [-0.2, -0.15) is 0 Å². The molecule has 0 heterocycles. The zero-order chi connectivity index (χ0) is 18.4. The van der Waals surface area contributed by atoms with Crippen LogP contribution in [0, 0.1) is 0 Å². The van der Waals surface area contributed by atoms with Crippen LogP contribution >= 0.6 is 0 Å². The number of carbonyl (C=O) groups is 1. The van der Waals surface area contributed by atoms with Gasteiger partial charge in [0.15, 0.2) is 0 Å². The van der Waals surface area contributed by atoms with Crippen LogP contribution in [-0.4, -0.2) is 26.3 Å². The highest BCUT2D eigenvalue weighted by molar-refractivity contribution is 5.82. The van der Waals surface area contributed by atoms with E-state index in [1.54, 1.807) is 13.2 Å². The minimum atomic E-state index is -0.313. The smallest absolute Gasteiger partial charge is 0.330 e. The average molecular weight is 353 g/mol. The summed E-state index contributed by atoms with van der Waals surface area (Å²) < 4.78 is 9.73. The second-order valence-electron chi connectivity index (χ2n) is 6.63. The lowest BCUT2D eigenvalue weighted by atomic mass is 10.0. The van der Waals surface area contributed by atoms with Crippen molar-refractivity contribution in [1.82, 2.24) is 0 Å². The third-order valence-electron chi connectivity index (χ3n) is 4.24. The summed E-state index contributed by atoms with van der Waals surface area (Å²) in [7, 11) is 1.59. The summed E-state index contributed by atoms with van der Waals surface area (Å²) in [5.74, 6) is -0.313. The lowest BCUT2D eigenvalue weighted by Gasteiger charge is -2.02. The maximum Gasteiger partial charge on any atom is 0.330 e. The highest BCUT2D eigenvalue weighted by atomic mass is 16.6. The summed E-state index contributed by atoms with van der Waals surface area (Å²) in [6.45, 7) is 3.02. The summed E-state index contributed by atoms with van der Waals surface area (Å²) in [5, 5.41) is 0. The van der Waals surface area contributed by atoms with E-state index in [4.69, 9.17) is 9.47 Å². The molecular formula is C22H40O3. The normalized spacial score (nSPS) is 11.6. The SMILES string of the molecule is CCCCCCCCCCCCCCC=CC=CC(=O)OCCOC. The molecule has 25 heavy (non-hydrogen) atoms. The first kappa shape index (κ1) is 23.9. The lowest BCUT2D eigenvalue weighted by Crippen LogP contribution is -2.06. The molecule has 0 saturated carbocycles. The van der Waals surface area contributed by atoms with E-state index in [9.17, 15) is 4.79 Å². The van der Waals surface area contributed by atoms with Gasteiger partial charge in [0.1, 0.15) is 6.61 Å². The monoisotopic (exact) mass is 352 g/mol. The molecule has 0 aromatic carbocycles. The molecule has 0 spiro atoms. The van der Waals surface area contributed by atoms with Crippen molar-refractivity contribution in [3.8, 4) is 0 Å². The minimum Gasteiger partial charge on any atom is -0.460 e. The Balaban J connectivity index is 3.25. The molecule has 0 amide bonds. The summed E-state index contributed by atoms with van der Waals surface area (Å²) >= 11 is 0. The highest BCUT2D eigenvalue weighted by Gasteiger charge is 1.94. The lowest BCUT2D eigenvalue weighted by molar-refractivity contribution is -0.138. The van der Waals surface area contributed by atoms with Crippen molar-refractivity contribution in [2.75, 3.05) is 20.3 Å². The fraction of sp³-hybridized carbons (Fsp3) is 0.773. The van der Waals surface area contributed by atoms with Gasteiger partial charge in [-0.3, -0.25) is 0 Å². The Morgan fingerprint density at radius 3 is 1.88 bits per heavy atom. The van der Waals surface area contributed by atoms with Crippen LogP contribution in [0.3, 0.4) is 0 Å². The average Bonchev–Trinajstić information content (AvgIpc) is 2.61. The first-order chi connectivity index (χ1) is 12.3. The summed E-state index contributed by atoms with van der Waals surface area (Å²) in [6, 6.07) is 0. The molecule has 3 nitrogen and oxygen atoms in total. The van der Waals surface area contributed by atoms with Crippen LogP contribution in [0.4, 0.5) is 0 Å². The van der Waals surface area contributed by atoms with Crippen LogP contribution in [0.1, 0.15) is 90.4 Å². The summed E-state index contributed by atoms with van der Waals surface area (Å²) in [4.78, 5) is 11.3. The Hall–Kier alpha value is -1.09. The van der Waals surface area contributed by atoms with Gasteiger partial charge in [-0.25, -0.2) is 4.79 Å². The minimum absolute atomic E-state index is 0.308. The predicted octanol–water partition coefficient (Wildman–Crippen LogP) is 6.38. The number of ether oxygens (including phenoxy) is 2. The van der Waals surface area contributed by atoms with E-state index in [0.717, 1.165) is 6.42 Å². The van der Waals surface area contributed by atoms with Crippen molar-refractivity contribution in [1.29, 1.82) is 0 Å². The van der Waals surface area contributed by atoms with Gasteiger partial charge in [0, 0.05) is 13.2 Å². The van der Waals surface area contributed by atoms with Gasteiger partial charge < -0.3 is 9.47 Å². The molecule has 0 radical (unpaired) electrons. The maximum atomic E-state index is 11.3. The maximum absolute atomic E-state index is 11.3. The quantitative estimate of drug-likeness (QED) is 0.124. The second kappa shape index (κ2) is 21.0. The Morgan fingerprint density at radius 1 is 0.760 bits per heavy atom. The third kappa shape index (κ3) is 20.9. The van der Waals surface area contributed by atoms with Crippen LogP contribution in [-0.2, 0) is 14.3 Å². The molecule has 0 bridgehead atoms. The van der Waals surface area contributed by atoms with Crippen LogP contribution in [0.5, 0.6) is 0 Å². The van der Waals surface area contributed by atoms with E-state index in [-0.39, 0.29) is 5.97 Å². The fourth-order valence-electron chi connectivity index (χ4n) is 2.69. The third-order valence-corrected chi connectivity index (χ3v) is 4.24. The Labute approximate surface area is 155 Å². The molecule has 146 valence electrons. The van der Waals surface area contributed by atoms with E-state index in [1.165, 1.54) is 83.1 Å². The van der Waals surface area contributed by atoms with Gasteiger partial charge in [0.2, 0.25) is 0 Å². The molecule has 0 aliphatic heterocycles. The number of allylic oxidation sites excluding steroid dienone is 3. The molecule has 0 aliphatic carbocycles. The molecule has 0 unspecified atom stereocenters. The molecule has 0 rings (SSSR count). The summed E-state index contributed by atoms with van der Waals surface area (Å²) in [6.07, 6.45) is 24.9. The number of hydrogen-bond acceptors (Lipinski definition) is 3. The van der Waals surface area contributed by atoms with Crippen LogP contribution < -0.4 is 0 Å². The number of esters is 1. The van der Waals surface area contributed by atoms with Gasteiger partial charge in [-0.1, -0.05) is 95.8 Å². The van der Waals surface area contributed by atoms with E-state index in [2.05, 4.69) is 13.0 Å². The van der Waals surface area contributed by atoms with Crippen molar-refractivity contribution in [3.63, 3.8) is 0 Å². The topological polar surface area (TPSA) is 35.5 Å². The van der Waals surface area contributed by atoms with Gasteiger partial charge >= 0.3 is 5.97 Å². The van der Waals surface area contributed by atoms with E-state index >= 15 is 0 Å². The Morgan fingerprint density at radius 2 is 1.32 bits per heavy atom. The molecule has 0 fully saturated rings. The van der Waals surface area contributed by atoms with Crippen LogP contribution in [0.25, 0.3) is 0 Å². The zero-order valence-corrected chi connectivity index (χ0v) is 16.6. The highest BCUT2D eigenvalue weighted by Crippen LogP contribution is 2.12. The molecule has 0 atom stereocenters. The Kier molecular flexibility index (Phi) is 20.0. The fourth-order valence-corrected chi connectivity index (χ4v) is 2.69. The van der Waals surface area contributed by atoms with Gasteiger partial charge in [-0.15, -0.1) is 0 Å². The molecule has 0 aliphatic rings. The first-order valence-electron chi connectivity index (χ1n) is 10.3. The molecular weight excluding hydrogens is 312 g/mol. The van der Waals surface area contributed by atoms with Crippen molar-refractivity contribution < 1.29 is 14.3 Å². The standard InChI is InChI=1S/C22H40O3/c1-3-4-5-6-7-8-9-10-11-12-13-14-15-16-17-18-19-22(23)25-21-20-24-2/h16-19H,3-15,20-21H2,1-2H3. The van der Waals surface area contributed by atoms with E-state index in [1.807, 2.05) is 6.08 Å². The van der Waals surface area contributed by atoms with E-state index < -0.39 is 0 Å². The van der Waals surface area contributed by atoms with Crippen molar-refractivity contribution in [2.45, 2.75) is 90.4 Å². The van der Waals surface area contributed by atoms with Crippen LogP contribution in [0.15, 0.2) is 24.3 Å². The Bertz CT molecular complexity index is 334.